The number of aromatic nitrogens is 1. The lowest BCUT2D eigenvalue weighted by molar-refractivity contribution is -0.127. The van der Waals surface area contributed by atoms with E-state index in [4.69, 9.17) is 0 Å². The molecule has 2 amide bonds. The normalized spacial score (nSPS) is 17.3. The Morgan fingerprint density at radius 2 is 1.67 bits per heavy atom. The van der Waals surface area contributed by atoms with E-state index < -0.39 is 0 Å². The summed E-state index contributed by atoms with van der Waals surface area (Å²) in [6, 6.07) is 11.7. The predicted molar refractivity (Wildman–Crippen MR) is 118 cm³/mol. The van der Waals surface area contributed by atoms with Gasteiger partial charge >= 0.3 is 0 Å². The summed E-state index contributed by atoms with van der Waals surface area (Å²) in [5.74, 6) is 0.625. The predicted octanol–water partition coefficient (Wildman–Crippen LogP) is 2.75. The van der Waals surface area contributed by atoms with Crippen LogP contribution in [0.1, 0.15) is 28.8 Å². The van der Waals surface area contributed by atoms with E-state index >= 15 is 0 Å². The molecule has 2 aliphatic rings. The number of carbonyl (C=O) groups is 2. The van der Waals surface area contributed by atoms with Crippen LogP contribution in [0.5, 0.6) is 0 Å². The first kappa shape index (κ1) is 20.9. The van der Waals surface area contributed by atoms with Crippen LogP contribution in [-0.2, 0) is 11.3 Å². The molecule has 0 atom stereocenters. The van der Waals surface area contributed by atoms with E-state index in [9.17, 15) is 9.59 Å². The van der Waals surface area contributed by atoms with E-state index in [0.717, 1.165) is 50.5 Å². The van der Waals surface area contributed by atoms with E-state index in [1.54, 1.807) is 6.20 Å². The lowest BCUT2D eigenvalue weighted by Crippen LogP contribution is -2.48. The topological polar surface area (TPSA) is 56.8 Å². The molecular weight excluding hydrogens is 396 g/mol. The second kappa shape index (κ2) is 10.1. The van der Waals surface area contributed by atoms with Gasteiger partial charge in [0.1, 0.15) is 0 Å². The third-order valence-electron chi connectivity index (χ3n) is 5.72. The van der Waals surface area contributed by atoms with Gasteiger partial charge in [-0.2, -0.15) is 0 Å². The van der Waals surface area contributed by atoms with E-state index in [1.807, 2.05) is 46.3 Å². The van der Waals surface area contributed by atoms with Crippen molar-refractivity contribution in [3.05, 3.63) is 59.9 Å². The first-order valence-electron chi connectivity index (χ1n) is 10.6. The Bertz CT molecular complexity index is 863. The largest absolute Gasteiger partial charge is 0.342 e. The quantitative estimate of drug-likeness (QED) is 0.668. The Hall–Kier alpha value is -2.38. The van der Waals surface area contributed by atoms with Crippen molar-refractivity contribution < 1.29 is 9.59 Å². The Labute approximate surface area is 182 Å². The number of amides is 2. The number of benzene rings is 1. The summed E-state index contributed by atoms with van der Waals surface area (Å²) in [6.07, 6.45) is 5.87. The number of pyridine rings is 1. The Balaban J connectivity index is 1.33. The van der Waals surface area contributed by atoms with Gasteiger partial charge in [0.15, 0.2) is 0 Å². The zero-order valence-electron chi connectivity index (χ0n) is 17.2. The molecule has 30 heavy (non-hydrogen) atoms. The summed E-state index contributed by atoms with van der Waals surface area (Å²) in [5, 5.41) is 0. The van der Waals surface area contributed by atoms with Crippen LogP contribution >= 0.6 is 11.8 Å². The molecular formula is C23H28N4O2S. The molecule has 0 spiro atoms. The third kappa shape index (κ3) is 5.21. The van der Waals surface area contributed by atoms with Gasteiger partial charge in [-0.1, -0.05) is 18.2 Å². The molecule has 2 fully saturated rings. The second-order valence-electron chi connectivity index (χ2n) is 7.80. The van der Waals surface area contributed by atoms with Crippen molar-refractivity contribution in [1.29, 1.82) is 0 Å². The fourth-order valence-electron chi connectivity index (χ4n) is 4.00. The highest BCUT2D eigenvalue weighted by atomic mass is 32.2. The maximum Gasteiger partial charge on any atom is 0.255 e. The van der Waals surface area contributed by atoms with Crippen molar-refractivity contribution in [2.75, 3.05) is 45.0 Å². The SMILES string of the molecule is O=C(CSc1ccccc1C(=O)N1CCN(Cc2cccnc2)CC1)N1CCCC1. The molecule has 6 nitrogen and oxygen atoms in total. The molecule has 4 rings (SSSR count). The molecule has 2 saturated heterocycles. The van der Waals surface area contributed by atoms with Crippen LogP contribution in [0.3, 0.4) is 0 Å². The number of hydrogen-bond donors (Lipinski definition) is 0. The molecule has 2 aromatic rings. The number of carbonyl (C=O) groups excluding carboxylic acids is 2. The highest BCUT2D eigenvalue weighted by Crippen LogP contribution is 2.25. The van der Waals surface area contributed by atoms with Crippen molar-refractivity contribution >= 4 is 23.6 Å². The van der Waals surface area contributed by atoms with Crippen LogP contribution in [-0.4, -0.2) is 76.5 Å². The number of nitrogens with zero attached hydrogens (tertiary/aromatic N) is 4. The zero-order chi connectivity index (χ0) is 20.8. The number of rotatable bonds is 6. The smallest absolute Gasteiger partial charge is 0.255 e. The molecule has 0 unspecified atom stereocenters. The van der Waals surface area contributed by atoms with Gasteiger partial charge in [0.25, 0.3) is 5.91 Å². The van der Waals surface area contributed by atoms with E-state index in [0.29, 0.717) is 24.4 Å². The van der Waals surface area contributed by atoms with Gasteiger partial charge in [0.05, 0.1) is 11.3 Å². The molecule has 1 aromatic heterocycles. The van der Waals surface area contributed by atoms with Crippen LogP contribution < -0.4 is 0 Å². The van der Waals surface area contributed by atoms with Crippen molar-refractivity contribution in [2.24, 2.45) is 0 Å². The maximum atomic E-state index is 13.2. The molecule has 158 valence electrons. The van der Waals surface area contributed by atoms with Crippen molar-refractivity contribution in [1.82, 2.24) is 19.7 Å². The average molecular weight is 425 g/mol. The minimum absolute atomic E-state index is 0.0627. The van der Waals surface area contributed by atoms with Gasteiger partial charge in [-0.25, -0.2) is 0 Å². The molecule has 0 saturated carbocycles. The Kier molecular flexibility index (Phi) is 7.02. The lowest BCUT2D eigenvalue weighted by atomic mass is 10.1. The molecule has 2 aliphatic heterocycles. The molecule has 0 N–H and O–H groups in total. The monoisotopic (exact) mass is 424 g/mol. The summed E-state index contributed by atoms with van der Waals surface area (Å²) < 4.78 is 0. The second-order valence-corrected chi connectivity index (χ2v) is 8.82. The molecule has 1 aromatic carbocycles. The molecule has 0 bridgehead atoms. The number of likely N-dealkylation sites (tertiary alicyclic amines) is 1. The van der Waals surface area contributed by atoms with Crippen LogP contribution in [0.2, 0.25) is 0 Å². The van der Waals surface area contributed by atoms with Crippen molar-refractivity contribution in [3.8, 4) is 0 Å². The van der Waals surface area contributed by atoms with Gasteiger partial charge in [0, 0.05) is 63.1 Å². The lowest BCUT2D eigenvalue weighted by Gasteiger charge is -2.35. The van der Waals surface area contributed by atoms with Crippen LogP contribution in [0, 0.1) is 0 Å². The molecule has 0 radical (unpaired) electrons. The number of piperazine rings is 1. The summed E-state index contributed by atoms with van der Waals surface area (Å²) in [6.45, 7) is 5.72. The minimum Gasteiger partial charge on any atom is -0.342 e. The van der Waals surface area contributed by atoms with E-state index in [1.165, 1.54) is 17.3 Å². The highest BCUT2D eigenvalue weighted by molar-refractivity contribution is 8.00. The maximum absolute atomic E-state index is 13.2. The fraction of sp³-hybridized carbons (Fsp3) is 0.435. The van der Waals surface area contributed by atoms with Crippen molar-refractivity contribution in [2.45, 2.75) is 24.3 Å². The zero-order valence-corrected chi connectivity index (χ0v) is 18.0. The van der Waals surface area contributed by atoms with Crippen LogP contribution in [0.25, 0.3) is 0 Å². The van der Waals surface area contributed by atoms with E-state index in [-0.39, 0.29) is 11.8 Å². The first-order valence-corrected chi connectivity index (χ1v) is 11.6. The first-order chi connectivity index (χ1) is 14.7. The Morgan fingerprint density at radius 3 is 2.40 bits per heavy atom. The van der Waals surface area contributed by atoms with Gasteiger partial charge < -0.3 is 9.80 Å². The minimum atomic E-state index is 0.0627. The third-order valence-corrected chi connectivity index (χ3v) is 6.77. The summed E-state index contributed by atoms with van der Waals surface area (Å²) in [5.41, 5.74) is 1.90. The summed E-state index contributed by atoms with van der Waals surface area (Å²) in [7, 11) is 0. The van der Waals surface area contributed by atoms with Gasteiger partial charge in [-0.05, 0) is 36.6 Å². The highest BCUT2D eigenvalue weighted by Gasteiger charge is 2.25. The molecule has 0 aliphatic carbocycles. The van der Waals surface area contributed by atoms with Gasteiger partial charge in [-0.3, -0.25) is 19.5 Å². The number of hydrogen-bond acceptors (Lipinski definition) is 5. The summed E-state index contributed by atoms with van der Waals surface area (Å²) >= 11 is 1.48. The fourth-order valence-corrected chi connectivity index (χ4v) is 4.94. The van der Waals surface area contributed by atoms with Gasteiger partial charge in [-0.15, -0.1) is 11.8 Å². The standard InChI is InChI=1S/C23H28N4O2S/c28-22(26-10-3-4-11-26)18-30-21-8-2-1-7-20(21)23(29)27-14-12-25(13-15-27)17-19-6-5-9-24-16-19/h1-2,5-9,16H,3-4,10-15,17-18H2. The average Bonchev–Trinajstić information content (AvgIpc) is 3.34. The molecule has 7 heteroatoms. The molecule has 3 heterocycles. The van der Waals surface area contributed by atoms with E-state index in [2.05, 4.69) is 16.0 Å². The number of thioether (sulfide) groups is 1. The van der Waals surface area contributed by atoms with Crippen LogP contribution in [0.4, 0.5) is 0 Å². The summed E-state index contributed by atoms with van der Waals surface area (Å²) in [4.78, 5) is 36.9. The van der Waals surface area contributed by atoms with Gasteiger partial charge in [0.2, 0.25) is 5.91 Å². The van der Waals surface area contributed by atoms with Crippen molar-refractivity contribution in [3.63, 3.8) is 0 Å². The van der Waals surface area contributed by atoms with Crippen LogP contribution in [0.15, 0.2) is 53.7 Å². The Morgan fingerprint density at radius 1 is 0.900 bits per heavy atom.